The molecular weight excluding hydrogens is 414 g/mol. The van der Waals surface area contributed by atoms with Crippen molar-refractivity contribution in [1.29, 1.82) is 0 Å². The number of nitrogens with one attached hydrogen (secondary N) is 2. The van der Waals surface area contributed by atoms with E-state index in [-0.39, 0.29) is 11.8 Å². The van der Waals surface area contributed by atoms with Crippen LogP contribution in [0.25, 0.3) is 10.8 Å². The van der Waals surface area contributed by atoms with E-state index in [0.717, 1.165) is 16.5 Å². The summed E-state index contributed by atoms with van der Waals surface area (Å²) in [5.41, 5.74) is 5.42. The van der Waals surface area contributed by atoms with Crippen LogP contribution in [0.4, 0.5) is 5.69 Å². The van der Waals surface area contributed by atoms with Crippen molar-refractivity contribution < 1.29 is 14.3 Å². The molecule has 4 rings (SSSR count). The molecule has 164 valence electrons. The monoisotopic (exact) mass is 437 g/mol. The summed E-state index contributed by atoms with van der Waals surface area (Å²) in [5, 5.41) is 9.06. The van der Waals surface area contributed by atoms with E-state index in [9.17, 15) is 9.59 Å². The van der Waals surface area contributed by atoms with Gasteiger partial charge in [-0.2, -0.15) is 5.10 Å². The number of hydrazone groups is 1. The molecule has 0 bridgehead atoms. The Hall–Kier alpha value is -4.45. The Labute approximate surface area is 191 Å². The number of carbonyl (C=O) groups is 2. The van der Waals surface area contributed by atoms with E-state index in [1.807, 2.05) is 42.5 Å². The van der Waals surface area contributed by atoms with E-state index in [4.69, 9.17) is 4.74 Å². The molecule has 2 amide bonds. The van der Waals surface area contributed by atoms with Crippen LogP contribution in [0.2, 0.25) is 0 Å². The van der Waals surface area contributed by atoms with Gasteiger partial charge in [0.05, 0.1) is 6.21 Å². The second-order valence-corrected chi connectivity index (χ2v) is 7.42. The minimum absolute atomic E-state index is 0.168. The van der Waals surface area contributed by atoms with Gasteiger partial charge in [-0.15, -0.1) is 0 Å². The van der Waals surface area contributed by atoms with Crippen molar-refractivity contribution in [3.05, 3.63) is 108 Å². The summed E-state index contributed by atoms with van der Waals surface area (Å²) in [7, 11) is 0. The van der Waals surface area contributed by atoms with E-state index in [2.05, 4.69) is 40.1 Å². The largest absolute Gasteiger partial charge is 0.488 e. The van der Waals surface area contributed by atoms with Crippen LogP contribution < -0.4 is 15.5 Å². The van der Waals surface area contributed by atoms with Gasteiger partial charge < -0.3 is 10.1 Å². The van der Waals surface area contributed by atoms with Crippen molar-refractivity contribution in [3.8, 4) is 5.75 Å². The number of benzene rings is 4. The van der Waals surface area contributed by atoms with Crippen molar-refractivity contribution in [2.45, 2.75) is 13.5 Å². The number of rotatable bonds is 7. The zero-order valence-corrected chi connectivity index (χ0v) is 18.1. The van der Waals surface area contributed by atoms with Gasteiger partial charge in [-0.3, -0.25) is 9.59 Å². The summed E-state index contributed by atoms with van der Waals surface area (Å²) in [4.78, 5) is 23.4. The maximum absolute atomic E-state index is 12.3. The van der Waals surface area contributed by atoms with Gasteiger partial charge in [-0.25, -0.2) is 5.43 Å². The molecule has 0 aliphatic rings. The van der Waals surface area contributed by atoms with E-state index in [1.54, 1.807) is 30.5 Å². The molecule has 0 atom stereocenters. The van der Waals surface area contributed by atoms with Gasteiger partial charge in [0, 0.05) is 23.7 Å². The second kappa shape index (κ2) is 10.2. The van der Waals surface area contributed by atoms with Crippen LogP contribution in [0, 0.1) is 0 Å². The lowest BCUT2D eigenvalue weighted by molar-refractivity contribution is -0.114. The van der Waals surface area contributed by atoms with Crippen LogP contribution in [0.1, 0.15) is 28.4 Å². The predicted molar refractivity (Wildman–Crippen MR) is 131 cm³/mol. The van der Waals surface area contributed by atoms with E-state index >= 15 is 0 Å². The lowest BCUT2D eigenvalue weighted by Gasteiger charge is -2.11. The average Bonchev–Trinajstić information content (AvgIpc) is 2.83. The second-order valence-electron chi connectivity index (χ2n) is 7.42. The van der Waals surface area contributed by atoms with Gasteiger partial charge in [0.25, 0.3) is 5.91 Å². The number of hydrogen-bond acceptors (Lipinski definition) is 4. The van der Waals surface area contributed by atoms with Crippen molar-refractivity contribution in [3.63, 3.8) is 0 Å². The molecule has 0 saturated heterocycles. The number of ether oxygens (including phenoxy) is 1. The minimum atomic E-state index is -0.352. The van der Waals surface area contributed by atoms with Crippen LogP contribution in [-0.2, 0) is 11.4 Å². The Balaban J connectivity index is 1.41. The molecular formula is C27H23N3O3. The Morgan fingerprint density at radius 2 is 1.61 bits per heavy atom. The fourth-order valence-electron chi connectivity index (χ4n) is 3.43. The highest BCUT2D eigenvalue weighted by molar-refractivity contribution is 5.96. The number of carbonyl (C=O) groups excluding carboxylic acids is 2. The Kier molecular flexibility index (Phi) is 6.75. The van der Waals surface area contributed by atoms with E-state index in [0.29, 0.717) is 23.6 Å². The predicted octanol–water partition coefficient (Wildman–Crippen LogP) is 5.14. The first kappa shape index (κ1) is 21.8. The molecule has 0 radical (unpaired) electrons. The van der Waals surface area contributed by atoms with E-state index < -0.39 is 0 Å². The summed E-state index contributed by atoms with van der Waals surface area (Å²) < 4.78 is 6.08. The third kappa shape index (κ3) is 5.62. The van der Waals surface area contributed by atoms with Crippen molar-refractivity contribution in [1.82, 2.24) is 5.43 Å². The summed E-state index contributed by atoms with van der Waals surface area (Å²) in [5.74, 6) is 0.149. The highest BCUT2D eigenvalue weighted by atomic mass is 16.5. The fraction of sp³-hybridized carbons (Fsp3) is 0.0741. The highest BCUT2D eigenvalue weighted by Crippen LogP contribution is 2.22. The molecule has 0 aliphatic heterocycles. The summed E-state index contributed by atoms with van der Waals surface area (Å²) in [6.45, 7) is 1.85. The fourth-order valence-corrected chi connectivity index (χ4v) is 3.43. The molecule has 6 nitrogen and oxygen atoms in total. The van der Waals surface area contributed by atoms with Crippen molar-refractivity contribution in [2.75, 3.05) is 5.32 Å². The first-order chi connectivity index (χ1) is 16.1. The molecule has 0 aromatic heterocycles. The molecule has 0 unspecified atom stereocenters. The van der Waals surface area contributed by atoms with Gasteiger partial charge in [0.15, 0.2) is 0 Å². The van der Waals surface area contributed by atoms with Crippen LogP contribution in [0.5, 0.6) is 5.75 Å². The molecule has 0 fully saturated rings. The quantitative estimate of drug-likeness (QED) is 0.310. The first-order valence-corrected chi connectivity index (χ1v) is 10.5. The number of hydrogen-bond donors (Lipinski definition) is 2. The normalized spacial score (nSPS) is 10.8. The Morgan fingerprint density at radius 1 is 0.879 bits per heavy atom. The standard InChI is InChI=1S/C27H23N3O3/c1-19(31)29-24-15-13-21(14-16-24)27(32)30-28-17-22-8-3-5-12-26(22)33-18-23-10-6-9-20-7-2-4-11-25(20)23/h2-17H,18H2,1H3,(H,29,31)(H,30,32). The van der Waals surface area contributed by atoms with Crippen LogP contribution in [0.3, 0.4) is 0 Å². The van der Waals surface area contributed by atoms with Gasteiger partial charge in [-0.1, -0.05) is 54.6 Å². The summed E-state index contributed by atoms with van der Waals surface area (Å²) in [6.07, 6.45) is 1.56. The molecule has 33 heavy (non-hydrogen) atoms. The molecule has 2 N–H and O–H groups in total. The number of anilines is 1. The maximum Gasteiger partial charge on any atom is 0.271 e. The minimum Gasteiger partial charge on any atom is -0.488 e. The number of amides is 2. The molecule has 4 aromatic rings. The third-order valence-electron chi connectivity index (χ3n) is 5.02. The number of nitrogens with zero attached hydrogens (tertiary/aromatic N) is 1. The zero-order valence-electron chi connectivity index (χ0n) is 18.1. The molecule has 0 aliphatic carbocycles. The first-order valence-electron chi connectivity index (χ1n) is 10.5. The molecule has 0 saturated carbocycles. The van der Waals surface area contributed by atoms with Crippen molar-refractivity contribution in [2.24, 2.45) is 5.10 Å². The molecule has 0 heterocycles. The van der Waals surface area contributed by atoms with Gasteiger partial charge in [0.1, 0.15) is 12.4 Å². The maximum atomic E-state index is 12.3. The Morgan fingerprint density at radius 3 is 2.42 bits per heavy atom. The number of para-hydroxylation sites is 1. The SMILES string of the molecule is CC(=O)Nc1ccc(C(=O)NN=Cc2ccccc2OCc2cccc3ccccc23)cc1. The lowest BCUT2D eigenvalue weighted by Crippen LogP contribution is -2.17. The average molecular weight is 437 g/mol. The summed E-state index contributed by atoms with van der Waals surface area (Å²) >= 11 is 0. The smallest absolute Gasteiger partial charge is 0.271 e. The van der Waals surface area contributed by atoms with Gasteiger partial charge in [-0.05, 0) is 52.7 Å². The third-order valence-corrected chi connectivity index (χ3v) is 5.02. The lowest BCUT2D eigenvalue weighted by atomic mass is 10.1. The van der Waals surface area contributed by atoms with Gasteiger partial charge >= 0.3 is 0 Å². The van der Waals surface area contributed by atoms with E-state index in [1.165, 1.54) is 12.3 Å². The van der Waals surface area contributed by atoms with Gasteiger partial charge in [0.2, 0.25) is 5.91 Å². The molecule has 0 spiro atoms. The molecule has 4 aromatic carbocycles. The number of fused-ring (bicyclic) bond motifs is 1. The topological polar surface area (TPSA) is 79.8 Å². The van der Waals surface area contributed by atoms with Crippen LogP contribution in [0.15, 0.2) is 96.1 Å². The Bertz CT molecular complexity index is 1310. The molecule has 6 heteroatoms. The van der Waals surface area contributed by atoms with Crippen LogP contribution >= 0.6 is 0 Å². The summed E-state index contributed by atoms with van der Waals surface area (Å²) in [6, 6.07) is 28.4. The highest BCUT2D eigenvalue weighted by Gasteiger charge is 2.06. The zero-order chi connectivity index (χ0) is 23.0. The van der Waals surface area contributed by atoms with Crippen LogP contribution in [-0.4, -0.2) is 18.0 Å². The van der Waals surface area contributed by atoms with Crippen molar-refractivity contribution >= 4 is 34.5 Å².